The van der Waals surface area contributed by atoms with Crippen molar-refractivity contribution in [1.29, 1.82) is 0 Å². The first-order chi connectivity index (χ1) is 12.2. The third kappa shape index (κ3) is 3.35. The van der Waals surface area contributed by atoms with Gasteiger partial charge in [-0.3, -0.25) is 9.20 Å². The first-order valence-corrected chi connectivity index (χ1v) is 9.86. The molecule has 1 aliphatic carbocycles. The number of para-hydroxylation sites is 1. The van der Waals surface area contributed by atoms with Crippen LogP contribution in [0.25, 0.3) is 16.6 Å². The molecule has 0 unspecified atom stereocenters. The second kappa shape index (κ2) is 7.04. The molecule has 0 saturated heterocycles. The molecule has 0 atom stereocenters. The number of hydrogen-bond donors (Lipinski definition) is 1. The van der Waals surface area contributed by atoms with Crippen LogP contribution in [0.4, 0.5) is 0 Å². The summed E-state index contributed by atoms with van der Waals surface area (Å²) in [6.45, 7) is 2.04. The van der Waals surface area contributed by atoms with E-state index in [2.05, 4.69) is 38.1 Å². The summed E-state index contributed by atoms with van der Waals surface area (Å²) in [5, 5.41) is 13.7. The number of amides is 1. The molecule has 2 heterocycles. The Bertz CT molecular complexity index is 914. The molecule has 4 rings (SSSR count). The predicted octanol–water partition coefficient (Wildman–Crippen LogP) is 3.73. The number of fused-ring (bicyclic) bond motifs is 3. The summed E-state index contributed by atoms with van der Waals surface area (Å²) in [7, 11) is 0. The summed E-state index contributed by atoms with van der Waals surface area (Å²) in [5.41, 5.74) is 3.02. The van der Waals surface area contributed by atoms with Gasteiger partial charge in [0.25, 0.3) is 0 Å². The van der Waals surface area contributed by atoms with Crippen LogP contribution in [0, 0.1) is 6.92 Å². The number of thioether (sulfide) groups is 1. The van der Waals surface area contributed by atoms with Crippen LogP contribution in [0.15, 0.2) is 35.5 Å². The number of benzene rings is 1. The molecule has 1 N–H and O–H groups in total. The van der Waals surface area contributed by atoms with E-state index in [1.165, 1.54) is 31.0 Å². The minimum Gasteiger partial charge on any atom is -0.353 e. The number of aryl methyl sites for hydroxylation is 1. The van der Waals surface area contributed by atoms with E-state index >= 15 is 0 Å². The lowest BCUT2D eigenvalue weighted by Crippen LogP contribution is -2.37. The Morgan fingerprint density at radius 1 is 1.24 bits per heavy atom. The molecule has 6 heteroatoms. The van der Waals surface area contributed by atoms with Gasteiger partial charge in [-0.1, -0.05) is 49.2 Å². The first-order valence-electron chi connectivity index (χ1n) is 8.88. The fraction of sp³-hybridized carbons (Fsp3) is 0.421. The summed E-state index contributed by atoms with van der Waals surface area (Å²) in [4.78, 5) is 12.3. The van der Waals surface area contributed by atoms with Crippen molar-refractivity contribution in [2.75, 3.05) is 5.75 Å². The molecule has 25 heavy (non-hydrogen) atoms. The molecular weight excluding hydrogens is 332 g/mol. The largest absolute Gasteiger partial charge is 0.353 e. The zero-order chi connectivity index (χ0) is 17.2. The van der Waals surface area contributed by atoms with Crippen molar-refractivity contribution in [3.8, 4) is 0 Å². The Morgan fingerprint density at radius 3 is 2.88 bits per heavy atom. The van der Waals surface area contributed by atoms with Crippen LogP contribution >= 0.6 is 11.8 Å². The maximum atomic E-state index is 12.3. The van der Waals surface area contributed by atoms with Crippen molar-refractivity contribution in [3.63, 3.8) is 0 Å². The highest BCUT2D eigenvalue weighted by Gasteiger charge is 2.17. The van der Waals surface area contributed by atoms with Gasteiger partial charge in [-0.25, -0.2) is 0 Å². The highest BCUT2D eigenvalue weighted by Crippen LogP contribution is 2.25. The third-order valence-electron chi connectivity index (χ3n) is 4.84. The average molecular weight is 354 g/mol. The number of carbonyl (C=O) groups excluding carboxylic acids is 1. The van der Waals surface area contributed by atoms with E-state index in [1.54, 1.807) is 0 Å². The minimum atomic E-state index is 0.0885. The van der Waals surface area contributed by atoms with Gasteiger partial charge in [0, 0.05) is 6.04 Å². The van der Waals surface area contributed by atoms with E-state index in [0.717, 1.165) is 40.1 Å². The molecule has 0 aliphatic heterocycles. The van der Waals surface area contributed by atoms with Crippen LogP contribution < -0.4 is 5.32 Å². The molecule has 0 radical (unpaired) electrons. The highest BCUT2D eigenvalue weighted by atomic mass is 32.2. The Balaban J connectivity index is 1.54. The molecule has 1 fully saturated rings. The molecule has 3 aromatic rings. The van der Waals surface area contributed by atoms with Crippen LogP contribution in [-0.4, -0.2) is 32.3 Å². The molecule has 1 aliphatic rings. The zero-order valence-electron chi connectivity index (χ0n) is 14.4. The Morgan fingerprint density at radius 2 is 2.04 bits per heavy atom. The van der Waals surface area contributed by atoms with E-state index in [0.29, 0.717) is 11.8 Å². The summed E-state index contributed by atoms with van der Waals surface area (Å²) in [5.74, 6) is 0.463. The number of rotatable bonds is 4. The maximum absolute atomic E-state index is 12.3. The van der Waals surface area contributed by atoms with Crippen molar-refractivity contribution >= 4 is 34.2 Å². The summed E-state index contributed by atoms with van der Waals surface area (Å²) in [6, 6.07) is 10.7. The van der Waals surface area contributed by atoms with Crippen molar-refractivity contribution in [2.24, 2.45) is 0 Å². The number of aromatic nitrogens is 3. The number of hydrogen-bond acceptors (Lipinski definition) is 4. The van der Waals surface area contributed by atoms with E-state index < -0.39 is 0 Å². The standard InChI is InChI=1S/C19H22N4OS/c1-13-11-14-7-5-6-10-16(14)23-18(13)21-22-19(23)25-12-17(24)20-15-8-3-2-4-9-15/h5-7,10-11,15H,2-4,8-9,12H2,1H3,(H,20,24). The average Bonchev–Trinajstić information content (AvgIpc) is 3.06. The monoisotopic (exact) mass is 354 g/mol. The fourth-order valence-electron chi connectivity index (χ4n) is 3.59. The van der Waals surface area contributed by atoms with Gasteiger partial charge >= 0.3 is 0 Å². The summed E-state index contributed by atoms with van der Waals surface area (Å²) < 4.78 is 2.06. The van der Waals surface area contributed by atoms with Crippen LogP contribution in [0.5, 0.6) is 0 Å². The second-order valence-electron chi connectivity index (χ2n) is 6.72. The van der Waals surface area contributed by atoms with Gasteiger partial charge in [-0.2, -0.15) is 0 Å². The fourth-order valence-corrected chi connectivity index (χ4v) is 4.35. The molecule has 1 saturated carbocycles. The van der Waals surface area contributed by atoms with Crippen LogP contribution in [-0.2, 0) is 4.79 Å². The lowest BCUT2D eigenvalue weighted by molar-refractivity contribution is -0.119. The van der Waals surface area contributed by atoms with Gasteiger partial charge in [0.15, 0.2) is 10.8 Å². The van der Waals surface area contributed by atoms with Gasteiger partial charge in [0.2, 0.25) is 5.91 Å². The molecule has 5 nitrogen and oxygen atoms in total. The van der Waals surface area contributed by atoms with Gasteiger partial charge in [-0.05, 0) is 42.8 Å². The number of nitrogens with zero attached hydrogens (tertiary/aromatic N) is 3. The maximum Gasteiger partial charge on any atom is 0.230 e. The smallest absolute Gasteiger partial charge is 0.230 e. The molecule has 0 spiro atoms. The van der Waals surface area contributed by atoms with Crippen molar-refractivity contribution in [1.82, 2.24) is 19.9 Å². The molecule has 0 bridgehead atoms. The van der Waals surface area contributed by atoms with E-state index in [1.807, 2.05) is 19.1 Å². The Labute approximate surface area is 151 Å². The van der Waals surface area contributed by atoms with Crippen molar-refractivity contribution in [2.45, 2.75) is 50.2 Å². The summed E-state index contributed by atoms with van der Waals surface area (Å²) >= 11 is 1.45. The van der Waals surface area contributed by atoms with Crippen LogP contribution in [0.1, 0.15) is 37.7 Å². The van der Waals surface area contributed by atoms with Gasteiger partial charge < -0.3 is 5.32 Å². The van der Waals surface area contributed by atoms with Crippen LogP contribution in [0.2, 0.25) is 0 Å². The lowest BCUT2D eigenvalue weighted by Gasteiger charge is -2.22. The number of nitrogens with one attached hydrogen (secondary N) is 1. The Hall–Kier alpha value is -2.08. The predicted molar refractivity (Wildman–Crippen MR) is 101 cm³/mol. The second-order valence-corrected chi connectivity index (χ2v) is 7.66. The topological polar surface area (TPSA) is 59.3 Å². The quantitative estimate of drug-likeness (QED) is 0.725. The third-order valence-corrected chi connectivity index (χ3v) is 5.77. The molecule has 2 aromatic heterocycles. The summed E-state index contributed by atoms with van der Waals surface area (Å²) in [6.07, 6.45) is 5.94. The molecule has 1 amide bonds. The van der Waals surface area contributed by atoms with E-state index in [-0.39, 0.29) is 5.91 Å². The molecular formula is C19H22N4OS. The minimum absolute atomic E-state index is 0.0885. The number of pyridine rings is 1. The molecule has 130 valence electrons. The van der Waals surface area contributed by atoms with Gasteiger partial charge in [-0.15, -0.1) is 10.2 Å². The SMILES string of the molecule is Cc1cc2ccccc2n2c(SCC(=O)NC3CCCCC3)nnc12. The normalized spacial score (nSPS) is 15.7. The van der Waals surface area contributed by atoms with Gasteiger partial charge in [0.1, 0.15) is 0 Å². The number of carbonyl (C=O) groups is 1. The highest BCUT2D eigenvalue weighted by molar-refractivity contribution is 7.99. The lowest BCUT2D eigenvalue weighted by atomic mass is 9.95. The van der Waals surface area contributed by atoms with Crippen molar-refractivity contribution < 1.29 is 4.79 Å². The zero-order valence-corrected chi connectivity index (χ0v) is 15.2. The first kappa shape index (κ1) is 16.4. The van der Waals surface area contributed by atoms with Gasteiger partial charge in [0.05, 0.1) is 11.3 Å². The van der Waals surface area contributed by atoms with Crippen LogP contribution in [0.3, 0.4) is 0 Å². The van der Waals surface area contributed by atoms with E-state index in [4.69, 9.17) is 0 Å². The Kier molecular flexibility index (Phi) is 4.61. The van der Waals surface area contributed by atoms with Crippen molar-refractivity contribution in [3.05, 3.63) is 35.9 Å². The molecule has 1 aromatic carbocycles. The van der Waals surface area contributed by atoms with E-state index in [9.17, 15) is 4.79 Å².